The molecule has 3 heterocycles. The molecule has 0 aliphatic carbocycles. The number of hydrogen-bond donors (Lipinski definition) is 1. The smallest absolute Gasteiger partial charge is 0.154 e. The molecule has 1 aliphatic heterocycles. The molecule has 0 atom stereocenters. The highest BCUT2D eigenvalue weighted by atomic mass is 16.5. The summed E-state index contributed by atoms with van der Waals surface area (Å²) in [6.07, 6.45) is 9.76. The number of hydrogen-bond acceptors (Lipinski definition) is 6. The lowest BCUT2D eigenvalue weighted by Crippen LogP contribution is -2.34. The molecule has 1 saturated heterocycles. The molecule has 6 heteroatoms. The van der Waals surface area contributed by atoms with Crippen LogP contribution in [-0.2, 0) is 4.74 Å². The van der Waals surface area contributed by atoms with Gasteiger partial charge in [0.15, 0.2) is 5.82 Å². The molecule has 27 heavy (non-hydrogen) atoms. The number of nitrogens with one attached hydrogen (secondary N) is 1. The maximum atomic E-state index is 5.45. The van der Waals surface area contributed by atoms with Gasteiger partial charge in [-0.3, -0.25) is 4.98 Å². The Morgan fingerprint density at radius 3 is 2.63 bits per heavy atom. The van der Waals surface area contributed by atoms with E-state index in [4.69, 9.17) is 9.72 Å². The van der Waals surface area contributed by atoms with E-state index in [9.17, 15) is 0 Å². The van der Waals surface area contributed by atoms with E-state index >= 15 is 0 Å². The molecule has 1 aliphatic rings. The quantitative estimate of drug-likeness (QED) is 0.816. The third kappa shape index (κ3) is 4.34. The first-order chi connectivity index (χ1) is 13.1. The second kappa shape index (κ2) is 8.77. The maximum absolute atomic E-state index is 5.45. The van der Waals surface area contributed by atoms with Crippen LogP contribution in [-0.4, -0.2) is 53.2 Å². The lowest BCUT2D eigenvalue weighted by atomic mass is 10.0. The monoisotopic (exact) mass is 365 g/mol. The van der Waals surface area contributed by atoms with Gasteiger partial charge < -0.3 is 15.0 Å². The predicted molar refractivity (Wildman–Crippen MR) is 110 cm³/mol. The summed E-state index contributed by atoms with van der Waals surface area (Å²) in [5, 5.41) is 3.14. The second-order valence-electron chi connectivity index (χ2n) is 6.51. The first kappa shape index (κ1) is 19.0. The van der Waals surface area contributed by atoms with E-state index in [0.29, 0.717) is 0 Å². The van der Waals surface area contributed by atoms with Crippen molar-refractivity contribution in [2.24, 2.45) is 0 Å². The van der Waals surface area contributed by atoms with Crippen molar-refractivity contribution in [2.75, 3.05) is 38.7 Å². The summed E-state index contributed by atoms with van der Waals surface area (Å²) in [4.78, 5) is 16.0. The normalized spacial score (nSPS) is 16.7. The minimum absolute atomic E-state index is 0.735. The number of allylic oxidation sites excluding steroid dienone is 6. The molecule has 142 valence electrons. The summed E-state index contributed by atoms with van der Waals surface area (Å²) in [5.41, 5.74) is 5.97. The maximum Gasteiger partial charge on any atom is 0.154 e. The molecule has 0 saturated carbocycles. The van der Waals surface area contributed by atoms with Crippen LogP contribution in [0.2, 0.25) is 0 Å². The zero-order chi connectivity index (χ0) is 19.2. The Labute approximate surface area is 160 Å². The molecule has 0 spiro atoms. The van der Waals surface area contributed by atoms with Gasteiger partial charge in [0.2, 0.25) is 0 Å². The van der Waals surface area contributed by atoms with E-state index < -0.39 is 0 Å². The molecule has 6 nitrogen and oxygen atoms in total. The molecule has 0 aromatic carbocycles. The zero-order valence-electron chi connectivity index (χ0n) is 16.5. The van der Waals surface area contributed by atoms with Gasteiger partial charge in [0.05, 0.1) is 24.4 Å². The minimum atomic E-state index is 0.735. The Morgan fingerprint density at radius 1 is 1.19 bits per heavy atom. The van der Waals surface area contributed by atoms with E-state index in [2.05, 4.69) is 46.2 Å². The number of nitrogens with zero attached hydrogens (tertiary/aromatic N) is 4. The van der Waals surface area contributed by atoms with Gasteiger partial charge in [0.1, 0.15) is 5.52 Å². The van der Waals surface area contributed by atoms with E-state index in [1.54, 1.807) is 12.4 Å². The molecular formula is C21H27N5O. The number of pyridine rings is 1. The first-order valence-electron chi connectivity index (χ1n) is 9.28. The van der Waals surface area contributed by atoms with Gasteiger partial charge in [-0.1, -0.05) is 12.2 Å². The van der Waals surface area contributed by atoms with Gasteiger partial charge in [-0.05, 0) is 38.5 Å². The van der Waals surface area contributed by atoms with Crippen LogP contribution in [0, 0.1) is 0 Å². The molecule has 0 bridgehead atoms. The van der Waals surface area contributed by atoms with Crippen molar-refractivity contribution in [3.63, 3.8) is 0 Å². The third-order valence-electron chi connectivity index (χ3n) is 4.66. The lowest BCUT2D eigenvalue weighted by molar-refractivity contribution is 0.0537. The highest BCUT2D eigenvalue weighted by Gasteiger charge is 2.13. The van der Waals surface area contributed by atoms with Crippen molar-refractivity contribution in [3.8, 4) is 0 Å². The Morgan fingerprint density at radius 2 is 1.93 bits per heavy atom. The van der Waals surface area contributed by atoms with Crippen LogP contribution < -0.4 is 5.32 Å². The fourth-order valence-corrected chi connectivity index (χ4v) is 3.27. The molecule has 3 rings (SSSR count). The van der Waals surface area contributed by atoms with E-state index in [-0.39, 0.29) is 0 Å². The van der Waals surface area contributed by atoms with Crippen molar-refractivity contribution in [3.05, 3.63) is 53.7 Å². The number of aromatic nitrogens is 3. The fourth-order valence-electron chi connectivity index (χ4n) is 3.27. The Kier molecular flexibility index (Phi) is 6.19. The number of ether oxygens (including phenoxy) is 1. The largest absolute Gasteiger partial charge is 0.378 e. The van der Waals surface area contributed by atoms with Crippen molar-refractivity contribution in [1.82, 2.24) is 19.9 Å². The number of rotatable bonds is 5. The standard InChI is InChI=1S/C21H27N5O/c1-5-6-17(15(2)13-16(3)26-9-11-27-12-10-26)18-14-19-20(21(22-4)25-18)24-8-7-23-19/h5-8,13-14H,9-12H2,1-4H3,(H,22,25)/b6-5-,16-13+,17-15+. The lowest BCUT2D eigenvalue weighted by Gasteiger charge is -2.29. The summed E-state index contributed by atoms with van der Waals surface area (Å²) in [7, 11) is 1.86. The zero-order valence-corrected chi connectivity index (χ0v) is 16.5. The van der Waals surface area contributed by atoms with E-state index in [0.717, 1.165) is 60.0 Å². The number of anilines is 1. The topological polar surface area (TPSA) is 63.2 Å². The van der Waals surface area contributed by atoms with Crippen LogP contribution in [0.5, 0.6) is 0 Å². The van der Waals surface area contributed by atoms with Crippen LogP contribution in [0.1, 0.15) is 26.5 Å². The van der Waals surface area contributed by atoms with Crippen LogP contribution in [0.25, 0.3) is 16.6 Å². The molecule has 0 unspecified atom stereocenters. The highest BCUT2D eigenvalue weighted by molar-refractivity contribution is 5.89. The van der Waals surface area contributed by atoms with Crippen molar-refractivity contribution >= 4 is 22.4 Å². The molecule has 1 fully saturated rings. The van der Waals surface area contributed by atoms with E-state index in [1.807, 2.05) is 26.1 Å². The Bertz CT molecular complexity index is 895. The van der Waals surface area contributed by atoms with Crippen LogP contribution in [0.15, 0.2) is 48.0 Å². The fraction of sp³-hybridized carbons (Fsp3) is 0.381. The molecule has 0 amide bonds. The second-order valence-corrected chi connectivity index (χ2v) is 6.51. The molecule has 2 aromatic heterocycles. The molecule has 2 aromatic rings. The van der Waals surface area contributed by atoms with Gasteiger partial charge in [-0.15, -0.1) is 0 Å². The SMILES string of the molecule is C\C=C/C(=C(C)\C=C(/C)N1CCOCC1)c1cc2nccnc2c(NC)n1. The number of fused-ring (bicyclic) bond motifs is 1. The summed E-state index contributed by atoms with van der Waals surface area (Å²) >= 11 is 0. The summed E-state index contributed by atoms with van der Waals surface area (Å²) < 4.78 is 5.45. The first-order valence-corrected chi connectivity index (χ1v) is 9.28. The van der Waals surface area contributed by atoms with Crippen LogP contribution >= 0.6 is 0 Å². The summed E-state index contributed by atoms with van der Waals surface area (Å²) in [6, 6.07) is 2.00. The summed E-state index contributed by atoms with van der Waals surface area (Å²) in [5.74, 6) is 0.735. The average molecular weight is 365 g/mol. The molecule has 0 radical (unpaired) electrons. The van der Waals surface area contributed by atoms with E-state index in [1.165, 1.54) is 5.70 Å². The Hall–Kier alpha value is -2.73. The summed E-state index contributed by atoms with van der Waals surface area (Å²) in [6.45, 7) is 9.73. The van der Waals surface area contributed by atoms with Gasteiger partial charge >= 0.3 is 0 Å². The third-order valence-corrected chi connectivity index (χ3v) is 4.66. The molecule has 1 N–H and O–H groups in total. The van der Waals surface area contributed by atoms with Crippen LogP contribution in [0.4, 0.5) is 5.82 Å². The predicted octanol–water partition coefficient (Wildman–Crippen LogP) is 3.65. The number of morpholine rings is 1. The molecular weight excluding hydrogens is 338 g/mol. The van der Waals surface area contributed by atoms with Gasteiger partial charge in [0.25, 0.3) is 0 Å². The van der Waals surface area contributed by atoms with Crippen molar-refractivity contribution in [2.45, 2.75) is 20.8 Å². The van der Waals surface area contributed by atoms with Gasteiger partial charge in [-0.25, -0.2) is 9.97 Å². The van der Waals surface area contributed by atoms with Crippen LogP contribution in [0.3, 0.4) is 0 Å². The minimum Gasteiger partial charge on any atom is -0.378 e. The Balaban J connectivity index is 2.06. The van der Waals surface area contributed by atoms with Crippen molar-refractivity contribution < 1.29 is 4.74 Å². The van der Waals surface area contributed by atoms with Crippen molar-refractivity contribution in [1.29, 1.82) is 0 Å². The van der Waals surface area contributed by atoms with Gasteiger partial charge in [-0.2, -0.15) is 0 Å². The average Bonchev–Trinajstić information content (AvgIpc) is 2.71. The van der Waals surface area contributed by atoms with Gasteiger partial charge in [0, 0.05) is 43.8 Å². The highest BCUT2D eigenvalue weighted by Crippen LogP contribution is 2.26.